The predicted octanol–water partition coefficient (Wildman–Crippen LogP) is 4.30. The molecule has 0 bridgehead atoms. The van der Waals surface area contributed by atoms with E-state index in [0.717, 1.165) is 16.9 Å². The van der Waals surface area contributed by atoms with E-state index in [4.69, 9.17) is 11.6 Å². The Morgan fingerprint density at radius 1 is 1.30 bits per heavy atom. The topological polar surface area (TPSA) is 6.48 Å². The van der Waals surface area contributed by atoms with E-state index in [0.29, 0.717) is 12.1 Å². The minimum atomic E-state index is 0.539. The third-order valence-electron chi connectivity index (χ3n) is 4.66. The fourth-order valence-corrected chi connectivity index (χ4v) is 4.21. The SMILES string of the molecule is CC1CN2CCCCC2CN1c1ccc(CBr)cc1Cl. The molecular weight excluding hydrogens is 336 g/mol. The lowest BCUT2D eigenvalue weighted by Crippen LogP contribution is -2.58. The van der Waals surface area contributed by atoms with Crippen LogP contribution in [0.1, 0.15) is 31.7 Å². The van der Waals surface area contributed by atoms with Gasteiger partial charge in [0.2, 0.25) is 0 Å². The molecule has 110 valence electrons. The Bertz CT molecular complexity index is 480. The van der Waals surface area contributed by atoms with E-state index in [9.17, 15) is 0 Å². The number of rotatable bonds is 2. The second kappa shape index (κ2) is 6.25. The predicted molar refractivity (Wildman–Crippen MR) is 90.1 cm³/mol. The van der Waals surface area contributed by atoms with E-state index in [1.165, 1.54) is 43.6 Å². The van der Waals surface area contributed by atoms with Crippen LogP contribution < -0.4 is 4.90 Å². The molecule has 1 aromatic carbocycles. The average Bonchev–Trinajstić information content (AvgIpc) is 2.46. The third kappa shape index (κ3) is 2.86. The van der Waals surface area contributed by atoms with Crippen molar-refractivity contribution in [1.82, 2.24) is 4.90 Å². The fourth-order valence-electron chi connectivity index (χ4n) is 3.55. The molecule has 2 heterocycles. The summed E-state index contributed by atoms with van der Waals surface area (Å²) < 4.78 is 0. The maximum absolute atomic E-state index is 6.51. The fraction of sp³-hybridized carbons (Fsp3) is 0.625. The molecule has 0 aliphatic carbocycles. The Kier molecular flexibility index (Phi) is 4.58. The summed E-state index contributed by atoms with van der Waals surface area (Å²) in [6.45, 7) is 5.88. The first-order valence-corrected chi connectivity index (χ1v) is 9.04. The summed E-state index contributed by atoms with van der Waals surface area (Å²) in [4.78, 5) is 5.18. The van der Waals surface area contributed by atoms with Crippen molar-refractivity contribution in [3.8, 4) is 0 Å². The molecule has 2 aliphatic heterocycles. The van der Waals surface area contributed by atoms with Crippen LogP contribution in [0.25, 0.3) is 0 Å². The molecule has 20 heavy (non-hydrogen) atoms. The van der Waals surface area contributed by atoms with Crippen molar-refractivity contribution in [2.75, 3.05) is 24.5 Å². The van der Waals surface area contributed by atoms with Gasteiger partial charge in [-0.15, -0.1) is 0 Å². The molecule has 2 saturated heterocycles. The van der Waals surface area contributed by atoms with Crippen LogP contribution in [0.15, 0.2) is 18.2 Å². The van der Waals surface area contributed by atoms with Crippen molar-refractivity contribution in [3.05, 3.63) is 28.8 Å². The minimum Gasteiger partial charge on any atom is -0.365 e. The Labute approximate surface area is 135 Å². The molecule has 0 radical (unpaired) electrons. The number of fused-ring (bicyclic) bond motifs is 1. The van der Waals surface area contributed by atoms with Crippen molar-refractivity contribution < 1.29 is 0 Å². The molecule has 1 aromatic rings. The van der Waals surface area contributed by atoms with Gasteiger partial charge in [0.1, 0.15) is 0 Å². The highest BCUT2D eigenvalue weighted by molar-refractivity contribution is 9.08. The third-order valence-corrected chi connectivity index (χ3v) is 5.61. The van der Waals surface area contributed by atoms with Gasteiger partial charge in [-0.1, -0.05) is 40.0 Å². The zero-order chi connectivity index (χ0) is 14.1. The summed E-state index contributed by atoms with van der Waals surface area (Å²) in [7, 11) is 0. The van der Waals surface area contributed by atoms with Crippen molar-refractivity contribution in [1.29, 1.82) is 0 Å². The highest BCUT2D eigenvalue weighted by atomic mass is 79.9. The Balaban J connectivity index is 1.82. The number of benzene rings is 1. The first-order chi connectivity index (χ1) is 9.69. The standard InChI is InChI=1S/C16H22BrClN2/c1-12-10-19-7-3-2-4-14(19)11-20(12)16-6-5-13(9-17)8-15(16)18/h5-6,8,12,14H,2-4,7,9-11H2,1H3. The first-order valence-electron chi connectivity index (χ1n) is 7.54. The molecule has 0 saturated carbocycles. The van der Waals surface area contributed by atoms with Crippen LogP contribution in [0.4, 0.5) is 5.69 Å². The number of halogens is 2. The molecule has 0 aromatic heterocycles. The van der Waals surface area contributed by atoms with Gasteiger partial charge in [-0.2, -0.15) is 0 Å². The molecule has 2 unspecified atom stereocenters. The van der Waals surface area contributed by atoms with Gasteiger partial charge < -0.3 is 4.90 Å². The highest BCUT2D eigenvalue weighted by Crippen LogP contribution is 2.33. The molecular formula is C16H22BrClN2. The maximum atomic E-state index is 6.51. The van der Waals surface area contributed by atoms with E-state index in [1.807, 2.05) is 0 Å². The maximum Gasteiger partial charge on any atom is 0.0642 e. The lowest BCUT2D eigenvalue weighted by Gasteiger charge is -2.48. The number of nitrogens with zero attached hydrogens (tertiary/aromatic N) is 2. The normalized spacial score (nSPS) is 27.4. The minimum absolute atomic E-state index is 0.539. The second-order valence-corrected chi connectivity index (χ2v) is 7.03. The monoisotopic (exact) mass is 356 g/mol. The van der Waals surface area contributed by atoms with Gasteiger partial charge in [-0.3, -0.25) is 4.90 Å². The Morgan fingerprint density at radius 3 is 2.90 bits per heavy atom. The van der Waals surface area contributed by atoms with Gasteiger partial charge in [0, 0.05) is 30.5 Å². The summed E-state index contributed by atoms with van der Waals surface area (Å²) in [5, 5.41) is 1.75. The Morgan fingerprint density at radius 2 is 2.15 bits per heavy atom. The van der Waals surface area contributed by atoms with E-state index in [2.05, 4.69) is 50.9 Å². The molecule has 2 aliphatic rings. The number of piperidine rings is 1. The lowest BCUT2D eigenvalue weighted by atomic mass is 9.96. The van der Waals surface area contributed by atoms with E-state index < -0.39 is 0 Å². The number of piperazine rings is 1. The van der Waals surface area contributed by atoms with Gasteiger partial charge in [0.05, 0.1) is 10.7 Å². The van der Waals surface area contributed by atoms with Crippen LogP contribution in [-0.4, -0.2) is 36.6 Å². The smallest absolute Gasteiger partial charge is 0.0642 e. The summed E-state index contributed by atoms with van der Waals surface area (Å²) in [6.07, 6.45) is 4.07. The summed E-state index contributed by atoms with van der Waals surface area (Å²) in [6, 6.07) is 7.71. The zero-order valence-electron chi connectivity index (χ0n) is 12.0. The van der Waals surface area contributed by atoms with Gasteiger partial charge in [-0.25, -0.2) is 0 Å². The molecule has 2 fully saturated rings. The molecule has 0 N–H and O–H groups in total. The Hall–Kier alpha value is -0.250. The van der Waals surface area contributed by atoms with Gasteiger partial charge >= 0.3 is 0 Å². The van der Waals surface area contributed by atoms with Crippen molar-refractivity contribution >= 4 is 33.2 Å². The van der Waals surface area contributed by atoms with Crippen molar-refractivity contribution in [2.24, 2.45) is 0 Å². The number of alkyl halides is 1. The van der Waals surface area contributed by atoms with Crippen LogP contribution >= 0.6 is 27.5 Å². The second-order valence-electron chi connectivity index (χ2n) is 6.07. The van der Waals surface area contributed by atoms with Crippen molar-refractivity contribution in [3.63, 3.8) is 0 Å². The summed E-state index contributed by atoms with van der Waals surface area (Å²) >= 11 is 10.00. The van der Waals surface area contributed by atoms with Crippen LogP contribution in [0.5, 0.6) is 0 Å². The molecule has 4 heteroatoms. The molecule has 3 rings (SSSR count). The van der Waals surface area contributed by atoms with Crippen LogP contribution in [0.3, 0.4) is 0 Å². The number of anilines is 1. The van der Waals surface area contributed by atoms with Gasteiger partial charge in [0.25, 0.3) is 0 Å². The quantitative estimate of drug-likeness (QED) is 0.728. The summed E-state index contributed by atoms with van der Waals surface area (Å²) in [5.74, 6) is 0. The average molecular weight is 358 g/mol. The highest BCUT2D eigenvalue weighted by Gasteiger charge is 2.33. The van der Waals surface area contributed by atoms with Gasteiger partial charge in [0.15, 0.2) is 0 Å². The largest absolute Gasteiger partial charge is 0.365 e. The molecule has 2 nitrogen and oxygen atoms in total. The van der Waals surface area contributed by atoms with E-state index >= 15 is 0 Å². The van der Waals surface area contributed by atoms with Crippen LogP contribution in [-0.2, 0) is 5.33 Å². The first kappa shape index (κ1) is 14.7. The van der Waals surface area contributed by atoms with Gasteiger partial charge in [-0.05, 0) is 44.0 Å². The number of hydrogen-bond donors (Lipinski definition) is 0. The summed E-state index contributed by atoms with van der Waals surface area (Å²) in [5.41, 5.74) is 2.44. The zero-order valence-corrected chi connectivity index (χ0v) is 14.3. The van der Waals surface area contributed by atoms with Crippen LogP contribution in [0.2, 0.25) is 5.02 Å². The molecule has 2 atom stereocenters. The van der Waals surface area contributed by atoms with E-state index in [1.54, 1.807) is 0 Å². The van der Waals surface area contributed by atoms with Crippen LogP contribution in [0, 0.1) is 0 Å². The molecule has 0 spiro atoms. The molecule has 0 amide bonds. The number of hydrogen-bond acceptors (Lipinski definition) is 2. The van der Waals surface area contributed by atoms with Crippen molar-refractivity contribution in [2.45, 2.75) is 43.6 Å². The van der Waals surface area contributed by atoms with E-state index in [-0.39, 0.29) is 0 Å². The lowest BCUT2D eigenvalue weighted by molar-refractivity contribution is 0.115.